The van der Waals surface area contributed by atoms with Crippen LogP contribution in [0.25, 0.3) is 10.6 Å². The largest absolute Gasteiger partial charge is 0.308 e. The molecule has 1 atom stereocenters. The number of rotatable bonds is 4. The van der Waals surface area contributed by atoms with Crippen molar-refractivity contribution < 1.29 is 0 Å². The summed E-state index contributed by atoms with van der Waals surface area (Å²) in [5, 5.41) is 13.9. The van der Waals surface area contributed by atoms with Crippen molar-refractivity contribution in [2.75, 3.05) is 6.54 Å². The summed E-state index contributed by atoms with van der Waals surface area (Å²) in [6, 6.07) is 6.52. The maximum Gasteiger partial charge on any atom is 0.147 e. The third kappa shape index (κ3) is 2.96. The molecule has 0 aliphatic rings. The van der Waals surface area contributed by atoms with Crippen molar-refractivity contribution in [2.45, 2.75) is 26.8 Å². The zero-order valence-electron chi connectivity index (χ0n) is 10.7. The molecule has 0 amide bonds. The summed E-state index contributed by atoms with van der Waals surface area (Å²) in [7, 11) is 0. The van der Waals surface area contributed by atoms with Crippen molar-refractivity contribution in [3.05, 3.63) is 33.2 Å². The van der Waals surface area contributed by atoms with Crippen molar-refractivity contribution >= 4 is 27.3 Å². The number of halogens is 1. The van der Waals surface area contributed by atoms with E-state index in [4.69, 9.17) is 0 Å². The fourth-order valence-electron chi connectivity index (χ4n) is 1.70. The van der Waals surface area contributed by atoms with Crippen LogP contribution in [0.5, 0.6) is 0 Å². The van der Waals surface area contributed by atoms with Gasteiger partial charge in [0.05, 0.1) is 6.04 Å². The Balaban J connectivity index is 2.26. The monoisotopic (exact) mass is 325 g/mol. The first-order valence-corrected chi connectivity index (χ1v) is 7.56. The Morgan fingerprint density at radius 3 is 2.83 bits per heavy atom. The number of aryl methyl sites for hydroxylation is 1. The van der Waals surface area contributed by atoms with Crippen molar-refractivity contribution in [2.24, 2.45) is 0 Å². The quantitative estimate of drug-likeness (QED) is 0.924. The minimum Gasteiger partial charge on any atom is -0.308 e. The summed E-state index contributed by atoms with van der Waals surface area (Å²) in [6.07, 6.45) is 0. The molecule has 3 nitrogen and oxygen atoms in total. The Morgan fingerprint density at radius 1 is 1.39 bits per heavy atom. The standard InChI is InChI=1S/C13H16BrN3S/c1-4-15-9(3)12-16-17-13(18-12)10-5-6-11(14)8(2)7-10/h5-7,9,15H,4H2,1-3H3. The number of hydrogen-bond donors (Lipinski definition) is 1. The first-order valence-electron chi connectivity index (χ1n) is 5.95. The van der Waals surface area contributed by atoms with Gasteiger partial charge in [-0.2, -0.15) is 0 Å². The van der Waals surface area contributed by atoms with Gasteiger partial charge in [-0.25, -0.2) is 0 Å². The van der Waals surface area contributed by atoms with Gasteiger partial charge < -0.3 is 5.32 Å². The van der Waals surface area contributed by atoms with E-state index in [0.29, 0.717) is 0 Å². The molecule has 0 radical (unpaired) electrons. The lowest BCUT2D eigenvalue weighted by Crippen LogP contribution is -2.17. The van der Waals surface area contributed by atoms with E-state index in [0.717, 1.165) is 26.6 Å². The molecule has 1 N–H and O–H groups in total. The summed E-state index contributed by atoms with van der Waals surface area (Å²) < 4.78 is 1.12. The van der Waals surface area contributed by atoms with E-state index in [2.05, 4.69) is 70.4 Å². The summed E-state index contributed by atoms with van der Waals surface area (Å²) in [5.74, 6) is 0. The van der Waals surface area contributed by atoms with E-state index in [-0.39, 0.29) is 6.04 Å². The number of aromatic nitrogens is 2. The average Bonchev–Trinajstić information content (AvgIpc) is 2.82. The van der Waals surface area contributed by atoms with Crippen LogP contribution in [0.2, 0.25) is 0 Å². The summed E-state index contributed by atoms with van der Waals surface area (Å²) in [5.41, 5.74) is 2.34. The highest BCUT2D eigenvalue weighted by atomic mass is 79.9. The molecule has 0 bridgehead atoms. The maximum atomic E-state index is 4.27. The molecule has 0 aliphatic carbocycles. The average molecular weight is 326 g/mol. The van der Waals surface area contributed by atoms with Gasteiger partial charge >= 0.3 is 0 Å². The third-order valence-electron chi connectivity index (χ3n) is 2.73. The van der Waals surface area contributed by atoms with E-state index in [9.17, 15) is 0 Å². The topological polar surface area (TPSA) is 37.8 Å². The molecule has 2 rings (SSSR count). The van der Waals surface area contributed by atoms with Crippen LogP contribution in [0.15, 0.2) is 22.7 Å². The number of benzene rings is 1. The fraction of sp³-hybridized carbons (Fsp3) is 0.385. The van der Waals surface area contributed by atoms with Gasteiger partial charge in [0.15, 0.2) is 0 Å². The van der Waals surface area contributed by atoms with Crippen LogP contribution in [0.1, 0.15) is 30.5 Å². The molecule has 0 spiro atoms. The summed E-state index contributed by atoms with van der Waals surface area (Å²) in [6.45, 7) is 7.22. The molecule has 1 unspecified atom stereocenters. The highest BCUT2D eigenvalue weighted by Crippen LogP contribution is 2.29. The summed E-state index contributed by atoms with van der Waals surface area (Å²) >= 11 is 5.16. The molecule has 1 heterocycles. The van der Waals surface area contributed by atoms with Crippen LogP contribution < -0.4 is 5.32 Å². The summed E-state index contributed by atoms with van der Waals surface area (Å²) in [4.78, 5) is 0. The molecule has 5 heteroatoms. The van der Waals surface area contributed by atoms with Gasteiger partial charge in [-0.15, -0.1) is 10.2 Å². The lowest BCUT2D eigenvalue weighted by Gasteiger charge is -2.06. The first kappa shape index (κ1) is 13.6. The Labute approximate surface area is 120 Å². The first-order chi connectivity index (χ1) is 8.61. The predicted molar refractivity (Wildman–Crippen MR) is 79.9 cm³/mol. The highest BCUT2D eigenvalue weighted by Gasteiger charge is 2.12. The number of nitrogens with one attached hydrogen (secondary N) is 1. The van der Waals surface area contributed by atoms with Gasteiger partial charge in [0.2, 0.25) is 0 Å². The van der Waals surface area contributed by atoms with Crippen molar-refractivity contribution in [3.8, 4) is 10.6 Å². The van der Waals surface area contributed by atoms with E-state index >= 15 is 0 Å². The van der Waals surface area contributed by atoms with Crippen LogP contribution in [0.3, 0.4) is 0 Å². The Bertz CT molecular complexity index is 539. The lowest BCUT2D eigenvalue weighted by molar-refractivity contribution is 0.590. The van der Waals surface area contributed by atoms with Crippen molar-refractivity contribution in [3.63, 3.8) is 0 Å². The normalized spacial score (nSPS) is 12.7. The zero-order chi connectivity index (χ0) is 13.1. The Kier molecular flexibility index (Phi) is 4.48. The van der Waals surface area contributed by atoms with Crippen molar-refractivity contribution in [1.29, 1.82) is 0 Å². The molecule has 0 aliphatic heterocycles. The fourth-order valence-corrected chi connectivity index (χ4v) is 2.81. The van der Waals surface area contributed by atoms with Crippen LogP contribution in [-0.4, -0.2) is 16.7 Å². The number of nitrogens with zero attached hydrogens (tertiary/aromatic N) is 2. The molecule has 1 aromatic heterocycles. The van der Waals surface area contributed by atoms with E-state index < -0.39 is 0 Å². The van der Waals surface area contributed by atoms with Gasteiger partial charge in [-0.3, -0.25) is 0 Å². The highest BCUT2D eigenvalue weighted by molar-refractivity contribution is 9.10. The predicted octanol–water partition coefficient (Wildman–Crippen LogP) is 3.95. The molecule has 96 valence electrons. The Hall–Kier alpha value is -0.780. The van der Waals surface area contributed by atoms with Crippen molar-refractivity contribution in [1.82, 2.24) is 15.5 Å². The second-order valence-electron chi connectivity index (χ2n) is 4.19. The van der Waals surface area contributed by atoms with Crippen LogP contribution in [0, 0.1) is 6.92 Å². The minimum absolute atomic E-state index is 0.262. The van der Waals surface area contributed by atoms with E-state index in [1.807, 2.05) is 0 Å². The molecular formula is C13H16BrN3S. The van der Waals surface area contributed by atoms with Crippen LogP contribution in [-0.2, 0) is 0 Å². The van der Waals surface area contributed by atoms with E-state index in [1.165, 1.54) is 5.56 Å². The molecule has 0 saturated carbocycles. The van der Waals surface area contributed by atoms with Gasteiger partial charge in [0.1, 0.15) is 10.0 Å². The second-order valence-corrected chi connectivity index (χ2v) is 6.05. The van der Waals surface area contributed by atoms with Crippen LogP contribution >= 0.6 is 27.3 Å². The zero-order valence-corrected chi connectivity index (χ0v) is 13.1. The number of hydrogen-bond acceptors (Lipinski definition) is 4. The minimum atomic E-state index is 0.262. The SMILES string of the molecule is CCNC(C)c1nnc(-c2ccc(Br)c(C)c2)s1. The van der Waals surface area contributed by atoms with Crippen LogP contribution in [0.4, 0.5) is 0 Å². The molecule has 0 fully saturated rings. The van der Waals surface area contributed by atoms with Gasteiger partial charge in [-0.1, -0.05) is 40.3 Å². The third-order valence-corrected chi connectivity index (χ3v) is 4.77. The maximum absolute atomic E-state index is 4.27. The molecular weight excluding hydrogens is 310 g/mol. The molecule has 18 heavy (non-hydrogen) atoms. The smallest absolute Gasteiger partial charge is 0.147 e. The Morgan fingerprint density at radius 2 is 2.17 bits per heavy atom. The molecule has 0 saturated heterocycles. The molecule has 2 aromatic rings. The van der Waals surface area contributed by atoms with Gasteiger partial charge in [0, 0.05) is 10.0 Å². The van der Waals surface area contributed by atoms with Gasteiger partial charge in [0.25, 0.3) is 0 Å². The molecule has 1 aromatic carbocycles. The second kappa shape index (κ2) is 5.91. The lowest BCUT2D eigenvalue weighted by atomic mass is 10.1. The van der Waals surface area contributed by atoms with Gasteiger partial charge in [-0.05, 0) is 38.1 Å². The van der Waals surface area contributed by atoms with E-state index in [1.54, 1.807) is 11.3 Å².